The highest BCUT2D eigenvalue weighted by Crippen LogP contribution is 2.36. The van der Waals surface area contributed by atoms with Crippen LogP contribution in [0.25, 0.3) is 0 Å². The van der Waals surface area contributed by atoms with Gasteiger partial charge in [-0.05, 0) is 18.6 Å². The first-order chi connectivity index (χ1) is 11.1. The van der Waals surface area contributed by atoms with Gasteiger partial charge in [0.25, 0.3) is 5.91 Å². The molecule has 0 saturated carbocycles. The minimum atomic E-state index is -0.975. The lowest BCUT2D eigenvalue weighted by molar-refractivity contribution is -0.137. The maximum absolute atomic E-state index is 13.0. The third-order valence-corrected chi connectivity index (χ3v) is 4.26. The standard InChI is InChI=1S/C18H24N2O4/c1-18(2,3)17-19(4)16(24)13(10-11-14(21)22)20(17)15(23)12-8-6-5-7-9-12/h5-9,13,17H,10-11H2,1-4H3,(H,21,22)/t13-,17-/m0/s1. The van der Waals surface area contributed by atoms with Gasteiger partial charge in [-0.2, -0.15) is 0 Å². The van der Waals surface area contributed by atoms with E-state index in [4.69, 9.17) is 5.11 Å². The Bertz CT molecular complexity index is 636. The van der Waals surface area contributed by atoms with E-state index in [1.54, 1.807) is 41.1 Å². The van der Waals surface area contributed by atoms with E-state index in [1.165, 1.54) is 0 Å². The smallest absolute Gasteiger partial charge is 0.303 e. The Morgan fingerprint density at radius 3 is 2.25 bits per heavy atom. The second-order valence-electron chi connectivity index (χ2n) is 7.22. The summed E-state index contributed by atoms with van der Waals surface area (Å²) in [5.74, 6) is -1.43. The quantitative estimate of drug-likeness (QED) is 0.917. The Hall–Kier alpha value is -2.37. The van der Waals surface area contributed by atoms with Gasteiger partial charge in [-0.15, -0.1) is 0 Å². The van der Waals surface area contributed by atoms with Crippen molar-refractivity contribution < 1.29 is 19.5 Å². The zero-order valence-electron chi connectivity index (χ0n) is 14.5. The number of carbonyl (C=O) groups excluding carboxylic acids is 2. The normalized spacial score (nSPS) is 21.2. The van der Waals surface area contributed by atoms with Gasteiger partial charge >= 0.3 is 5.97 Å². The SMILES string of the molecule is CN1C(=O)[C@H](CCC(=O)O)N(C(=O)c2ccccc2)[C@H]1C(C)(C)C. The van der Waals surface area contributed by atoms with Crippen molar-refractivity contribution in [1.82, 2.24) is 9.80 Å². The van der Waals surface area contributed by atoms with Crippen LogP contribution in [0.3, 0.4) is 0 Å². The van der Waals surface area contributed by atoms with E-state index in [2.05, 4.69) is 0 Å². The summed E-state index contributed by atoms with van der Waals surface area (Å²) in [4.78, 5) is 39.8. The Labute approximate surface area is 142 Å². The topological polar surface area (TPSA) is 77.9 Å². The highest BCUT2D eigenvalue weighted by atomic mass is 16.4. The molecule has 1 aromatic rings. The number of amides is 2. The third kappa shape index (κ3) is 3.42. The first-order valence-electron chi connectivity index (χ1n) is 8.00. The van der Waals surface area contributed by atoms with Crippen LogP contribution >= 0.6 is 0 Å². The van der Waals surface area contributed by atoms with Gasteiger partial charge in [-0.1, -0.05) is 39.0 Å². The van der Waals surface area contributed by atoms with Gasteiger partial charge in [0.05, 0.1) is 0 Å². The van der Waals surface area contributed by atoms with Crippen LogP contribution in [0.1, 0.15) is 44.0 Å². The van der Waals surface area contributed by atoms with Crippen molar-refractivity contribution in [2.24, 2.45) is 5.41 Å². The van der Waals surface area contributed by atoms with Gasteiger partial charge in [0.2, 0.25) is 5.91 Å². The number of carboxylic acids is 1. The fraction of sp³-hybridized carbons (Fsp3) is 0.500. The van der Waals surface area contributed by atoms with Crippen molar-refractivity contribution in [3.05, 3.63) is 35.9 Å². The molecule has 1 aromatic carbocycles. The van der Waals surface area contributed by atoms with E-state index in [-0.39, 0.29) is 30.1 Å². The first kappa shape index (κ1) is 18.0. The molecule has 2 amide bonds. The molecule has 6 nitrogen and oxygen atoms in total. The molecule has 1 aliphatic rings. The molecule has 24 heavy (non-hydrogen) atoms. The molecule has 0 radical (unpaired) electrons. The van der Waals surface area contributed by atoms with E-state index in [9.17, 15) is 14.4 Å². The maximum Gasteiger partial charge on any atom is 0.303 e. The number of nitrogens with zero attached hydrogens (tertiary/aromatic N) is 2. The van der Waals surface area contributed by atoms with Crippen molar-refractivity contribution >= 4 is 17.8 Å². The fourth-order valence-corrected chi connectivity index (χ4v) is 3.33. The Kier molecular flexibility index (Phi) is 4.96. The van der Waals surface area contributed by atoms with E-state index < -0.39 is 18.2 Å². The maximum atomic E-state index is 13.0. The number of carboxylic acid groups (broad SMARTS) is 1. The predicted octanol–water partition coefficient (Wildman–Crippen LogP) is 2.21. The fourth-order valence-electron chi connectivity index (χ4n) is 3.33. The van der Waals surface area contributed by atoms with Crippen LogP contribution in [0.5, 0.6) is 0 Å². The Balaban J connectivity index is 2.43. The number of likely N-dealkylation sites (N-methyl/N-ethyl adjacent to an activating group) is 1. The summed E-state index contributed by atoms with van der Waals surface area (Å²) in [5, 5.41) is 8.97. The predicted molar refractivity (Wildman–Crippen MR) is 89.3 cm³/mol. The average molecular weight is 332 g/mol. The number of benzene rings is 1. The molecule has 0 bridgehead atoms. The molecule has 1 fully saturated rings. The monoisotopic (exact) mass is 332 g/mol. The van der Waals surface area contributed by atoms with E-state index in [0.29, 0.717) is 5.56 Å². The molecule has 1 aliphatic heterocycles. The van der Waals surface area contributed by atoms with Gasteiger partial charge in [-0.3, -0.25) is 14.4 Å². The summed E-state index contributed by atoms with van der Waals surface area (Å²) in [6.45, 7) is 5.89. The van der Waals surface area contributed by atoms with Crippen LogP contribution in [-0.2, 0) is 9.59 Å². The second-order valence-corrected chi connectivity index (χ2v) is 7.22. The minimum Gasteiger partial charge on any atom is -0.481 e. The van der Waals surface area contributed by atoms with Gasteiger partial charge in [0.15, 0.2) is 0 Å². The third-order valence-electron chi connectivity index (χ3n) is 4.26. The number of hydrogen-bond donors (Lipinski definition) is 1. The van der Waals surface area contributed by atoms with Gasteiger partial charge in [0.1, 0.15) is 12.2 Å². The molecule has 0 spiro atoms. The number of rotatable bonds is 4. The lowest BCUT2D eigenvalue weighted by Gasteiger charge is -2.39. The molecule has 2 rings (SSSR count). The average Bonchev–Trinajstić information content (AvgIpc) is 2.77. The molecule has 1 N–H and O–H groups in total. The lowest BCUT2D eigenvalue weighted by atomic mass is 9.90. The Morgan fingerprint density at radius 2 is 1.75 bits per heavy atom. The van der Waals surface area contributed by atoms with Crippen LogP contribution in [0, 0.1) is 5.41 Å². The highest BCUT2D eigenvalue weighted by molar-refractivity contribution is 5.99. The zero-order valence-corrected chi connectivity index (χ0v) is 14.5. The van der Waals surface area contributed by atoms with Crippen LogP contribution in [-0.4, -0.2) is 51.9 Å². The minimum absolute atomic E-state index is 0.115. The van der Waals surface area contributed by atoms with Gasteiger partial charge < -0.3 is 14.9 Å². The molecule has 1 saturated heterocycles. The molecule has 130 valence electrons. The molecular formula is C18H24N2O4. The summed E-state index contributed by atoms with van der Waals surface area (Å²) in [7, 11) is 1.67. The molecule has 1 heterocycles. The molecule has 0 aromatic heterocycles. The molecule has 0 unspecified atom stereocenters. The summed E-state index contributed by atoms with van der Waals surface area (Å²) in [6.07, 6.45) is -0.458. The van der Waals surface area contributed by atoms with Crippen LogP contribution in [0.4, 0.5) is 0 Å². The molecule has 6 heteroatoms. The van der Waals surface area contributed by atoms with Crippen LogP contribution < -0.4 is 0 Å². The lowest BCUT2D eigenvalue weighted by Crippen LogP contribution is -2.50. The molecule has 2 atom stereocenters. The first-order valence-corrected chi connectivity index (χ1v) is 8.00. The van der Waals surface area contributed by atoms with Gasteiger partial charge in [-0.25, -0.2) is 0 Å². The summed E-state index contributed by atoms with van der Waals surface area (Å²) < 4.78 is 0. The van der Waals surface area contributed by atoms with Crippen molar-refractivity contribution in [2.75, 3.05) is 7.05 Å². The number of hydrogen-bond acceptors (Lipinski definition) is 3. The van der Waals surface area contributed by atoms with Crippen LogP contribution in [0.2, 0.25) is 0 Å². The number of aliphatic carboxylic acids is 1. The van der Waals surface area contributed by atoms with E-state index in [1.807, 2.05) is 26.8 Å². The van der Waals surface area contributed by atoms with E-state index >= 15 is 0 Å². The summed E-state index contributed by atoms with van der Waals surface area (Å²) >= 11 is 0. The van der Waals surface area contributed by atoms with Crippen molar-refractivity contribution in [3.8, 4) is 0 Å². The second kappa shape index (κ2) is 6.63. The zero-order chi connectivity index (χ0) is 18.1. The molecule has 0 aliphatic carbocycles. The van der Waals surface area contributed by atoms with E-state index in [0.717, 1.165) is 0 Å². The highest BCUT2D eigenvalue weighted by Gasteiger charge is 2.51. The number of carbonyl (C=O) groups is 3. The van der Waals surface area contributed by atoms with Crippen LogP contribution in [0.15, 0.2) is 30.3 Å². The molecular weight excluding hydrogens is 308 g/mol. The Morgan fingerprint density at radius 1 is 1.17 bits per heavy atom. The van der Waals surface area contributed by atoms with Crippen molar-refractivity contribution in [3.63, 3.8) is 0 Å². The van der Waals surface area contributed by atoms with Gasteiger partial charge in [0, 0.05) is 24.4 Å². The largest absolute Gasteiger partial charge is 0.481 e. The van der Waals surface area contributed by atoms with Crippen molar-refractivity contribution in [2.45, 2.75) is 45.8 Å². The summed E-state index contributed by atoms with van der Waals surface area (Å²) in [6, 6.07) is 8.03. The van der Waals surface area contributed by atoms with Crippen molar-refractivity contribution in [1.29, 1.82) is 0 Å². The summed E-state index contributed by atoms with van der Waals surface area (Å²) in [5.41, 5.74) is 0.141.